The normalized spacial score (nSPS) is 21.9. The first-order valence-electron chi connectivity index (χ1n) is 6.08. The zero-order chi connectivity index (χ0) is 12.7. The van der Waals surface area contributed by atoms with Crippen LogP contribution in [0.1, 0.15) is 19.8 Å². The Morgan fingerprint density at radius 1 is 1.53 bits per heavy atom. The van der Waals surface area contributed by atoms with Gasteiger partial charge in [-0.15, -0.1) is 0 Å². The summed E-state index contributed by atoms with van der Waals surface area (Å²) in [5.74, 6) is 0. The number of rotatable bonds is 7. The van der Waals surface area contributed by atoms with Crippen LogP contribution in [0.2, 0.25) is 0 Å². The lowest BCUT2D eigenvalue weighted by molar-refractivity contribution is 0.0783. The summed E-state index contributed by atoms with van der Waals surface area (Å²) >= 11 is 0. The molecule has 102 valence electrons. The maximum atomic E-state index is 11.8. The molecule has 1 rings (SSSR count). The van der Waals surface area contributed by atoms with Gasteiger partial charge in [-0.2, -0.15) is 12.7 Å². The van der Waals surface area contributed by atoms with Gasteiger partial charge in [0, 0.05) is 32.7 Å². The Morgan fingerprint density at radius 2 is 2.29 bits per heavy atom. The van der Waals surface area contributed by atoms with E-state index in [2.05, 4.69) is 10.0 Å². The van der Waals surface area contributed by atoms with E-state index in [1.807, 2.05) is 6.92 Å². The molecule has 1 saturated heterocycles. The molecule has 1 aliphatic rings. The summed E-state index contributed by atoms with van der Waals surface area (Å²) in [7, 11) is -1.74. The molecule has 0 bridgehead atoms. The highest BCUT2D eigenvalue weighted by Crippen LogP contribution is 1.99. The Morgan fingerprint density at radius 3 is 2.88 bits per heavy atom. The van der Waals surface area contributed by atoms with E-state index in [0.717, 1.165) is 19.4 Å². The van der Waals surface area contributed by atoms with Gasteiger partial charge in [-0.25, -0.2) is 4.72 Å². The third-order valence-corrected chi connectivity index (χ3v) is 4.28. The quantitative estimate of drug-likeness (QED) is 0.653. The molecule has 7 heteroatoms. The fourth-order valence-electron chi connectivity index (χ4n) is 1.57. The largest absolute Gasteiger partial charge is 0.378 e. The predicted molar refractivity (Wildman–Crippen MR) is 67.1 cm³/mol. The second-order valence-electron chi connectivity index (χ2n) is 4.25. The monoisotopic (exact) mass is 265 g/mol. The number of hydrogen-bond acceptors (Lipinski definition) is 4. The van der Waals surface area contributed by atoms with Gasteiger partial charge in [0.1, 0.15) is 0 Å². The van der Waals surface area contributed by atoms with Gasteiger partial charge in [0.25, 0.3) is 10.2 Å². The topological polar surface area (TPSA) is 70.7 Å². The van der Waals surface area contributed by atoms with Crippen molar-refractivity contribution in [3.8, 4) is 0 Å². The molecule has 6 nitrogen and oxygen atoms in total. The van der Waals surface area contributed by atoms with Gasteiger partial charge in [0.05, 0.1) is 13.2 Å². The molecule has 0 aromatic carbocycles. The molecule has 0 spiro atoms. The average molecular weight is 265 g/mol. The minimum atomic E-state index is -3.34. The molecule has 1 fully saturated rings. The molecular weight excluding hydrogens is 242 g/mol. The van der Waals surface area contributed by atoms with Gasteiger partial charge in [0.2, 0.25) is 0 Å². The minimum absolute atomic E-state index is 0.0677. The Balaban J connectivity index is 2.32. The van der Waals surface area contributed by atoms with E-state index in [4.69, 9.17) is 4.74 Å². The Hall–Kier alpha value is -0.210. The summed E-state index contributed by atoms with van der Waals surface area (Å²) in [6.45, 7) is 5.00. The van der Waals surface area contributed by atoms with Crippen LogP contribution in [0, 0.1) is 0 Å². The maximum absolute atomic E-state index is 11.8. The number of ether oxygens (including phenoxy) is 1. The zero-order valence-electron chi connectivity index (χ0n) is 10.6. The van der Waals surface area contributed by atoms with Crippen LogP contribution in [0.4, 0.5) is 0 Å². The predicted octanol–water partition coefficient (Wildman–Crippen LogP) is -0.459. The summed E-state index contributed by atoms with van der Waals surface area (Å²) in [5.41, 5.74) is 0. The van der Waals surface area contributed by atoms with E-state index in [1.165, 1.54) is 4.31 Å². The molecule has 1 atom stereocenters. The van der Waals surface area contributed by atoms with Gasteiger partial charge in [-0.1, -0.05) is 13.3 Å². The maximum Gasteiger partial charge on any atom is 0.279 e. The van der Waals surface area contributed by atoms with Crippen LogP contribution in [0.15, 0.2) is 0 Å². The summed E-state index contributed by atoms with van der Waals surface area (Å²) in [5, 5.41) is 3.20. The van der Waals surface area contributed by atoms with Crippen molar-refractivity contribution in [3.63, 3.8) is 0 Å². The third kappa shape index (κ3) is 5.31. The van der Waals surface area contributed by atoms with Gasteiger partial charge in [-0.05, 0) is 6.42 Å². The van der Waals surface area contributed by atoms with E-state index in [1.54, 1.807) is 7.05 Å². The van der Waals surface area contributed by atoms with Crippen molar-refractivity contribution in [1.82, 2.24) is 14.3 Å². The van der Waals surface area contributed by atoms with Crippen LogP contribution in [0.5, 0.6) is 0 Å². The van der Waals surface area contributed by atoms with Crippen molar-refractivity contribution in [3.05, 3.63) is 0 Å². The summed E-state index contributed by atoms with van der Waals surface area (Å²) < 4.78 is 32.9. The first-order valence-corrected chi connectivity index (χ1v) is 7.52. The van der Waals surface area contributed by atoms with Crippen molar-refractivity contribution in [2.45, 2.75) is 25.8 Å². The molecule has 1 aliphatic heterocycles. The highest BCUT2D eigenvalue weighted by atomic mass is 32.2. The standard InChI is InChI=1S/C10H23N3O3S/c1-3-4-6-13(2)17(14,15)12-8-10-9-16-7-5-11-10/h10-12H,3-9H2,1-2H3. The minimum Gasteiger partial charge on any atom is -0.378 e. The smallest absolute Gasteiger partial charge is 0.279 e. The number of nitrogens with zero attached hydrogens (tertiary/aromatic N) is 1. The Labute approximate surface area is 104 Å². The highest BCUT2D eigenvalue weighted by Gasteiger charge is 2.20. The lowest BCUT2D eigenvalue weighted by Gasteiger charge is -2.25. The van der Waals surface area contributed by atoms with Gasteiger partial charge < -0.3 is 10.1 Å². The van der Waals surface area contributed by atoms with Crippen LogP contribution >= 0.6 is 0 Å². The van der Waals surface area contributed by atoms with Crippen molar-refractivity contribution in [1.29, 1.82) is 0 Å². The molecule has 0 aliphatic carbocycles. The van der Waals surface area contributed by atoms with Crippen molar-refractivity contribution in [2.24, 2.45) is 0 Å². The first kappa shape index (κ1) is 14.8. The van der Waals surface area contributed by atoms with E-state index in [0.29, 0.717) is 26.3 Å². The summed E-state index contributed by atoms with van der Waals surface area (Å²) in [4.78, 5) is 0. The Kier molecular flexibility index (Phi) is 6.35. The number of unbranched alkanes of at least 4 members (excludes halogenated alkanes) is 1. The zero-order valence-corrected chi connectivity index (χ0v) is 11.4. The van der Waals surface area contributed by atoms with E-state index in [-0.39, 0.29) is 6.04 Å². The number of hydrogen-bond donors (Lipinski definition) is 2. The van der Waals surface area contributed by atoms with Crippen molar-refractivity contribution >= 4 is 10.2 Å². The second kappa shape index (κ2) is 7.27. The first-order chi connectivity index (χ1) is 8.06. The van der Waals surface area contributed by atoms with Gasteiger partial charge in [0.15, 0.2) is 0 Å². The van der Waals surface area contributed by atoms with E-state index >= 15 is 0 Å². The fourth-order valence-corrected chi connectivity index (χ4v) is 2.57. The molecule has 0 saturated carbocycles. The lowest BCUT2D eigenvalue weighted by atomic mass is 10.3. The molecule has 0 aromatic rings. The number of morpholine rings is 1. The average Bonchev–Trinajstić information content (AvgIpc) is 2.35. The van der Waals surface area contributed by atoms with Crippen LogP contribution < -0.4 is 10.0 Å². The fraction of sp³-hybridized carbons (Fsp3) is 1.00. The van der Waals surface area contributed by atoms with Crippen molar-refractivity contribution in [2.75, 3.05) is 39.9 Å². The molecule has 17 heavy (non-hydrogen) atoms. The van der Waals surface area contributed by atoms with Crippen LogP contribution in [-0.2, 0) is 14.9 Å². The van der Waals surface area contributed by atoms with E-state index < -0.39 is 10.2 Å². The second-order valence-corrected chi connectivity index (χ2v) is 6.12. The summed E-state index contributed by atoms with van der Waals surface area (Å²) in [6, 6.07) is 0.0677. The molecule has 0 aromatic heterocycles. The molecular formula is C10H23N3O3S. The van der Waals surface area contributed by atoms with Gasteiger partial charge in [-0.3, -0.25) is 0 Å². The highest BCUT2D eigenvalue weighted by molar-refractivity contribution is 7.87. The Bertz CT molecular complexity index is 302. The van der Waals surface area contributed by atoms with Crippen LogP contribution in [0.3, 0.4) is 0 Å². The molecule has 0 radical (unpaired) electrons. The van der Waals surface area contributed by atoms with Crippen LogP contribution in [-0.4, -0.2) is 58.7 Å². The third-order valence-electron chi connectivity index (χ3n) is 2.75. The molecule has 1 unspecified atom stereocenters. The van der Waals surface area contributed by atoms with Gasteiger partial charge >= 0.3 is 0 Å². The number of nitrogens with one attached hydrogen (secondary N) is 2. The van der Waals surface area contributed by atoms with Crippen molar-refractivity contribution < 1.29 is 13.2 Å². The molecule has 1 heterocycles. The van der Waals surface area contributed by atoms with Crippen LogP contribution in [0.25, 0.3) is 0 Å². The molecule has 2 N–H and O–H groups in total. The van der Waals surface area contributed by atoms with E-state index in [9.17, 15) is 8.42 Å². The summed E-state index contributed by atoms with van der Waals surface area (Å²) in [6.07, 6.45) is 1.86. The molecule has 0 amide bonds. The lowest BCUT2D eigenvalue weighted by Crippen LogP contribution is -2.50. The SMILES string of the molecule is CCCCN(C)S(=O)(=O)NCC1COCCN1.